The summed E-state index contributed by atoms with van der Waals surface area (Å²) in [5, 5.41) is 9.61. The van der Waals surface area contributed by atoms with Crippen molar-refractivity contribution in [1.29, 1.82) is 0 Å². The molecule has 1 aliphatic rings. The van der Waals surface area contributed by atoms with Gasteiger partial charge in [-0.3, -0.25) is 14.5 Å². The van der Waals surface area contributed by atoms with Crippen molar-refractivity contribution in [1.82, 2.24) is 4.90 Å². The number of carbonyl (C=O) groups is 2. The number of nitrogens with zero attached hydrogens (tertiary/aromatic N) is 1. The SMILES string of the molecule is COc1cc(/C=C2/SC(=O)N(Cc3ccc(F)cc3Cl)C2=O)cc(I)c1O. The van der Waals surface area contributed by atoms with E-state index in [9.17, 15) is 19.1 Å². The summed E-state index contributed by atoms with van der Waals surface area (Å²) in [5.74, 6) is -0.680. The Bertz CT molecular complexity index is 982. The molecule has 5 nitrogen and oxygen atoms in total. The predicted molar refractivity (Wildman–Crippen MR) is 110 cm³/mol. The highest BCUT2D eigenvalue weighted by atomic mass is 127. The number of hydrogen-bond donors (Lipinski definition) is 1. The molecule has 3 rings (SSSR count). The van der Waals surface area contributed by atoms with Gasteiger partial charge in [-0.1, -0.05) is 17.7 Å². The number of rotatable bonds is 4. The van der Waals surface area contributed by atoms with Gasteiger partial charge >= 0.3 is 0 Å². The summed E-state index contributed by atoms with van der Waals surface area (Å²) in [6.07, 6.45) is 1.56. The molecule has 1 heterocycles. The van der Waals surface area contributed by atoms with Gasteiger partial charge in [-0.2, -0.15) is 0 Å². The maximum absolute atomic E-state index is 13.2. The Morgan fingerprint density at radius 1 is 1.33 bits per heavy atom. The van der Waals surface area contributed by atoms with Crippen LogP contribution in [0.5, 0.6) is 11.5 Å². The number of amides is 2. The Balaban J connectivity index is 1.87. The topological polar surface area (TPSA) is 66.8 Å². The molecule has 1 N–H and O–H groups in total. The van der Waals surface area contributed by atoms with Crippen LogP contribution in [0.2, 0.25) is 5.02 Å². The fourth-order valence-corrected chi connectivity index (χ4v) is 4.13. The van der Waals surface area contributed by atoms with Crippen LogP contribution in [0.25, 0.3) is 6.08 Å². The largest absolute Gasteiger partial charge is 0.504 e. The van der Waals surface area contributed by atoms with Gasteiger partial charge in [-0.05, 0) is 75.8 Å². The average molecular weight is 520 g/mol. The van der Waals surface area contributed by atoms with Crippen LogP contribution in [0.1, 0.15) is 11.1 Å². The highest BCUT2D eigenvalue weighted by Gasteiger charge is 2.35. The van der Waals surface area contributed by atoms with E-state index in [1.807, 2.05) is 22.6 Å². The first kappa shape index (κ1) is 20.0. The summed E-state index contributed by atoms with van der Waals surface area (Å²) < 4.78 is 18.8. The molecule has 0 radical (unpaired) electrons. The van der Waals surface area contributed by atoms with E-state index < -0.39 is 17.0 Å². The zero-order valence-electron chi connectivity index (χ0n) is 13.8. The van der Waals surface area contributed by atoms with Gasteiger partial charge in [0.25, 0.3) is 11.1 Å². The smallest absolute Gasteiger partial charge is 0.293 e. The number of ether oxygens (including phenoxy) is 1. The molecule has 1 saturated heterocycles. The lowest BCUT2D eigenvalue weighted by Gasteiger charge is -2.13. The van der Waals surface area contributed by atoms with Crippen LogP contribution < -0.4 is 4.74 Å². The van der Waals surface area contributed by atoms with E-state index in [-0.39, 0.29) is 28.0 Å². The number of halogens is 3. The van der Waals surface area contributed by atoms with Crippen molar-refractivity contribution in [3.8, 4) is 11.5 Å². The molecule has 0 saturated carbocycles. The van der Waals surface area contributed by atoms with Gasteiger partial charge in [0.15, 0.2) is 11.5 Å². The molecule has 1 aliphatic heterocycles. The van der Waals surface area contributed by atoms with Crippen LogP contribution in [0, 0.1) is 9.39 Å². The predicted octanol–water partition coefficient (Wildman–Crippen LogP) is 5.03. The van der Waals surface area contributed by atoms with Crippen molar-refractivity contribution < 1.29 is 23.8 Å². The van der Waals surface area contributed by atoms with Crippen molar-refractivity contribution in [2.24, 2.45) is 0 Å². The molecule has 0 aliphatic carbocycles. The first-order valence-corrected chi connectivity index (χ1v) is 9.83. The van der Waals surface area contributed by atoms with Crippen molar-refractivity contribution in [3.63, 3.8) is 0 Å². The molecular weight excluding hydrogens is 508 g/mol. The summed E-state index contributed by atoms with van der Waals surface area (Å²) in [5.41, 5.74) is 1.09. The van der Waals surface area contributed by atoms with E-state index in [0.717, 1.165) is 22.7 Å². The average Bonchev–Trinajstić information content (AvgIpc) is 2.87. The molecule has 2 aromatic carbocycles. The molecule has 0 bridgehead atoms. The van der Waals surface area contributed by atoms with Crippen molar-refractivity contribution in [3.05, 3.63) is 60.8 Å². The second-order valence-electron chi connectivity index (χ2n) is 5.56. The standard InChI is InChI=1S/C18H12ClFINO4S/c1-26-14-5-9(4-13(21)16(14)23)6-15-17(24)22(18(25)27-15)8-10-2-3-11(20)7-12(10)19/h2-7,23H,8H2,1H3/b15-6+. The second-order valence-corrected chi connectivity index (χ2v) is 8.12. The Labute approximate surface area is 177 Å². The highest BCUT2D eigenvalue weighted by molar-refractivity contribution is 14.1. The number of hydrogen-bond acceptors (Lipinski definition) is 5. The molecule has 0 spiro atoms. The fourth-order valence-electron chi connectivity index (χ4n) is 2.44. The Morgan fingerprint density at radius 2 is 2.07 bits per heavy atom. The molecule has 0 unspecified atom stereocenters. The summed E-state index contributed by atoms with van der Waals surface area (Å²) in [6.45, 7) is -0.0441. The maximum Gasteiger partial charge on any atom is 0.293 e. The number of thioether (sulfide) groups is 1. The number of benzene rings is 2. The van der Waals surface area contributed by atoms with Crippen LogP contribution >= 0.6 is 46.0 Å². The van der Waals surface area contributed by atoms with Crippen LogP contribution in [-0.4, -0.2) is 28.3 Å². The molecule has 0 atom stereocenters. The van der Waals surface area contributed by atoms with Crippen molar-refractivity contribution in [2.75, 3.05) is 7.11 Å². The van der Waals surface area contributed by atoms with E-state index in [0.29, 0.717) is 14.7 Å². The lowest BCUT2D eigenvalue weighted by Crippen LogP contribution is -2.27. The highest BCUT2D eigenvalue weighted by Crippen LogP contribution is 2.37. The number of methoxy groups -OCH3 is 1. The van der Waals surface area contributed by atoms with E-state index in [2.05, 4.69) is 0 Å². The summed E-state index contributed by atoms with van der Waals surface area (Å²) >= 11 is 8.74. The number of imide groups is 1. The molecular formula is C18H12ClFINO4S. The zero-order chi connectivity index (χ0) is 19.7. The molecule has 27 heavy (non-hydrogen) atoms. The first-order valence-electron chi connectivity index (χ1n) is 7.56. The summed E-state index contributed by atoms with van der Waals surface area (Å²) in [7, 11) is 1.43. The zero-order valence-corrected chi connectivity index (χ0v) is 17.6. The van der Waals surface area contributed by atoms with Crippen LogP contribution in [0.15, 0.2) is 35.2 Å². The van der Waals surface area contributed by atoms with Gasteiger partial charge in [0, 0.05) is 5.02 Å². The third kappa shape index (κ3) is 4.22. The number of carbonyl (C=O) groups excluding carboxylic acids is 2. The number of phenolic OH excluding ortho intramolecular Hbond substituents is 1. The van der Waals surface area contributed by atoms with Gasteiger partial charge < -0.3 is 9.84 Å². The molecule has 140 valence electrons. The minimum absolute atomic E-state index is 0.00862. The summed E-state index contributed by atoms with van der Waals surface area (Å²) in [6, 6.07) is 7.04. The van der Waals surface area contributed by atoms with E-state index in [4.69, 9.17) is 16.3 Å². The van der Waals surface area contributed by atoms with Crippen molar-refractivity contribution in [2.45, 2.75) is 6.54 Å². The van der Waals surface area contributed by atoms with Crippen LogP contribution in [0.3, 0.4) is 0 Å². The minimum atomic E-state index is -0.492. The van der Waals surface area contributed by atoms with Crippen molar-refractivity contribution >= 4 is 63.2 Å². The van der Waals surface area contributed by atoms with Gasteiger partial charge in [-0.25, -0.2) is 4.39 Å². The minimum Gasteiger partial charge on any atom is -0.504 e. The lowest BCUT2D eigenvalue weighted by atomic mass is 10.1. The molecule has 2 aromatic rings. The van der Waals surface area contributed by atoms with Gasteiger partial charge in [-0.15, -0.1) is 0 Å². The third-order valence-corrected chi connectivity index (χ3v) is 5.87. The molecule has 1 fully saturated rings. The van der Waals surface area contributed by atoms with E-state index in [1.165, 1.54) is 19.2 Å². The normalized spacial score (nSPS) is 15.7. The van der Waals surface area contributed by atoms with E-state index in [1.54, 1.807) is 18.2 Å². The molecule has 0 aromatic heterocycles. The third-order valence-electron chi connectivity index (χ3n) is 3.79. The Hall–Kier alpha value is -1.78. The van der Waals surface area contributed by atoms with Gasteiger partial charge in [0.05, 0.1) is 22.1 Å². The fraction of sp³-hybridized carbons (Fsp3) is 0.111. The van der Waals surface area contributed by atoms with E-state index >= 15 is 0 Å². The molecule has 9 heteroatoms. The van der Waals surface area contributed by atoms with Crippen LogP contribution in [0.4, 0.5) is 9.18 Å². The monoisotopic (exact) mass is 519 g/mol. The Morgan fingerprint density at radius 3 is 2.74 bits per heavy atom. The maximum atomic E-state index is 13.2. The molecule has 2 amide bonds. The lowest BCUT2D eigenvalue weighted by molar-refractivity contribution is -0.123. The second kappa shape index (κ2) is 8.07. The van der Waals surface area contributed by atoms with Gasteiger partial charge in [0.1, 0.15) is 5.82 Å². The number of aromatic hydroxyl groups is 1. The Kier molecular flexibility index (Phi) is 5.97. The quantitative estimate of drug-likeness (QED) is 0.453. The van der Waals surface area contributed by atoms with Crippen LogP contribution in [-0.2, 0) is 11.3 Å². The first-order chi connectivity index (χ1) is 12.8. The summed E-state index contributed by atoms with van der Waals surface area (Å²) in [4.78, 5) is 26.2. The number of phenols is 1. The van der Waals surface area contributed by atoms with Gasteiger partial charge in [0.2, 0.25) is 0 Å².